The van der Waals surface area contributed by atoms with Gasteiger partial charge in [0.2, 0.25) is 5.95 Å². The molecule has 2 aliphatic heterocycles. The molecular weight excluding hydrogens is 449 g/mol. The number of anilines is 1. The Morgan fingerprint density at radius 1 is 1.26 bits per heavy atom. The molecule has 178 valence electrons. The van der Waals surface area contributed by atoms with Crippen molar-refractivity contribution in [1.29, 1.82) is 0 Å². The van der Waals surface area contributed by atoms with Gasteiger partial charge < -0.3 is 20.5 Å². The number of ketones is 1. The number of H-pyrrole nitrogens is 1. The first-order valence-electron chi connectivity index (χ1n) is 11.1. The smallest absolute Gasteiger partial charge is 0.360 e. The minimum absolute atomic E-state index is 0.00783. The van der Waals surface area contributed by atoms with Gasteiger partial charge in [-0.3, -0.25) is 9.59 Å². The summed E-state index contributed by atoms with van der Waals surface area (Å²) < 4.78 is 41.4. The van der Waals surface area contributed by atoms with Crippen LogP contribution in [0, 0.1) is 0 Å². The molecule has 1 aromatic carbocycles. The first-order valence-corrected chi connectivity index (χ1v) is 11.1. The van der Waals surface area contributed by atoms with E-state index in [1.165, 1.54) is 11.1 Å². The van der Waals surface area contributed by atoms with E-state index < -0.39 is 11.7 Å². The third kappa shape index (κ3) is 4.35. The number of carbonyl (C=O) groups is 2. The van der Waals surface area contributed by atoms with Crippen molar-refractivity contribution >= 4 is 28.5 Å². The van der Waals surface area contributed by atoms with Crippen molar-refractivity contribution in [2.45, 2.75) is 31.5 Å². The maximum atomic E-state index is 13.8. The van der Waals surface area contributed by atoms with Crippen LogP contribution in [-0.2, 0) is 11.0 Å². The predicted molar refractivity (Wildman–Crippen MR) is 119 cm³/mol. The van der Waals surface area contributed by atoms with Crippen molar-refractivity contribution in [2.24, 2.45) is 0 Å². The third-order valence-corrected chi connectivity index (χ3v) is 6.22. The normalized spacial score (nSPS) is 19.1. The molecule has 11 heteroatoms. The largest absolute Gasteiger partial charge is 0.419 e. The maximum Gasteiger partial charge on any atom is 0.419 e. The second-order valence-corrected chi connectivity index (χ2v) is 8.62. The average Bonchev–Trinajstić information content (AvgIpc) is 3.44. The van der Waals surface area contributed by atoms with Crippen LogP contribution in [-0.4, -0.2) is 63.8 Å². The molecule has 4 heterocycles. The molecular formula is C23H23F3N6O2. The monoisotopic (exact) mass is 472 g/mol. The summed E-state index contributed by atoms with van der Waals surface area (Å²) in [6, 6.07) is 4.79. The summed E-state index contributed by atoms with van der Waals surface area (Å²) in [6.07, 6.45) is -0.201. The summed E-state index contributed by atoms with van der Waals surface area (Å²) in [5, 5.41) is 6.87. The van der Waals surface area contributed by atoms with Crippen molar-refractivity contribution in [3.8, 4) is 11.3 Å². The number of likely N-dealkylation sites (tertiary alicyclic amines) is 1. The van der Waals surface area contributed by atoms with E-state index in [-0.39, 0.29) is 41.5 Å². The van der Waals surface area contributed by atoms with E-state index in [1.807, 2.05) is 0 Å². The topological polar surface area (TPSA) is 103 Å². The summed E-state index contributed by atoms with van der Waals surface area (Å²) >= 11 is 0. The molecule has 0 aliphatic carbocycles. The van der Waals surface area contributed by atoms with Gasteiger partial charge in [-0.15, -0.1) is 0 Å². The minimum Gasteiger partial charge on any atom is -0.360 e. The lowest BCUT2D eigenvalue weighted by atomic mass is 10.0. The van der Waals surface area contributed by atoms with Crippen LogP contribution in [0.15, 0.2) is 30.6 Å². The lowest BCUT2D eigenvalue weighted by Gasteiger charge is -2.24. The van der Waals surface area contributed by atoms with Crippen LogP contribution < -0.4 is 10.6 Å². The van der Waals surface area contributed by atoms with Crippen molar-refractivity contribution in [3.63, 3.8) is 0 Å². The number of hydrogen-bond acceptors (Lipinski definition) is 6. The number of carbonyl (C=O) groups excluding carboxylic acids is 2. The lowest BCUT2D eigenvalue weighted by Crippen LogP contribution is -2.38. The molecule has 2 saturated heterocycles. The van der Waals surface area contributed by atoms with Crippen LogP contribution >= 0.6 is 0 Å². The number of amides is 1. The minimum atomic E-state index is -4.64. The quantitative estimate of drug-likeness (QED) is 0.539. The van der Waals surface area contributed by atoms with Crippen molar-refractivity contribution in [1.82, 2.24) is 25.2 Å². The number of fused-ring (bicyclic) bond motifs is 1. The van der Waals surface area contributed by atoms with Gasteiger partial charge in [-0.2, -0.15) is 13.2 Å². The van der Waals surface area contributed by atoms with Gasteiger partial charge in [-0.05, 0) is 31.5 Å². The highest BCUT2D eigenvalue weighted by molar-refractivity contribution is 6.03. The van der Waals surface area contributed by atoms with E-state index >= 15 is 0 Å². The molecule has 0 spiro atoms. The standard InChI is InChI=1S/C23H23F3N6O2/c24-23(25,26)18-11-29-22(30-14-2-1-6-27-9-14)31-20(18)17-10-28-19-8-13(3-4-16(17)19)21(34)32-7-5-15(33)12-32/h3-4,8,10-11,14,27-28H,1-2,5-7,9,12H2,(H,29,30,31)/t14-/m0/s1. The SMILES string of the molecule is O=C1CCN(C(=O)c2ccc3c(-c4nc(N[C@H]5CCCNC5)ncc4C(F)(F)F)c[nH]c3c2)C1. The fourth-order valence-corrected chi connectivity index (χ4v) is 4.46. The summed E-state index contributed by atoms with van der Waals surface area (Å²) in [6.45, 7) is 2.04. The van der Waals surface area contributed by atoms with E-state index in [0.29, 0.717) is 36.0 Å². The molecule has 0 saturated carbocycles. The van der Waals surface area contributed by atoms with Crippen LogP contribution in [0.2, 0.25) is 0 Å². The molecule has 8 nitrogen and oxygen atoms in total. The van der Waals surface area contributed by atoms with Crippen LogP contribution in [0.1, 0.15) is 35.2 Å². The molecule has 1 atom stereocenters. The van der Waals surface area contributed by atoms with E-state index in [4.69, 9.17) is 0 Å². The van der Waals surface area contributed by atoms with Gasteiger partial charge in [0.1, 0.15) is 5.56 Å². The van der Waals surface area contributed by atoms with Crippen LogP contribution in [0.3, 0.4) is 0 Å². The molecule has 0 bridgehead atoms. The summed E-state index contributed by atoms with van der Waals surface area (Å²) in [5.41, 5.74) is -0.0313. The van der Waals surface area contributed by atoms with Gasteiger partial charge in [-0.25, -0.2) is 9.97 Å². The number of nitrogens with zero attached hydrogens (tertiary/aromatic N) is 3. The zero-order chi connectivity index (χ0) is 23.9. The number of nitrogens with one attached hydrogen (secondary N) is 3. The summed E-state index contributed by atoms with van der Waals surface area (Å²) in [4.78, 5) is 36.8. The van der Waals surface area contributed by atoms with Crippen molar-refractivity contribution < 1.29 is 22.8 Å². The fourth-order valence-electron chi connectivity index (χ4n) is 4.46. The van der Waals surface area contributed by atoms with Gasteiger partial charge in [0.15, 0.2) is 5.78 Å². The number of halogens is 3. The zero-order valence-electron chi connectivity index (χ0n) is 18.2. The Balaban J connectivity index is 1.50. The van der Waals surface area contributed by atoms with Crippen LogP contribution in [0.4, 0.5) is 19.1 Å². The predicted octanol–water partition coefficient (Wildman–Crippen LogP) is 3.22. The molecule has 0 radical (unpaired) electrons. The third-order valence-electron chi connectivity index (χ3n) is 6.22. The van der Waals surface area contributed by atoms with Crippen molar-refractivity contribution in [2.75, 3.05) is 31.5 Å². The Hall–Kier alpha value is -3.47. The number of aromatic nitrogens is 3. The van der Waals surface area contributed by atoms with Gasteiger partial charge in [0.25, 0.3) is 5.91 Å². The number of aromatic amines is 1. The molecule has 2 aliphatic rings. The van der Waals surface area contributed by atoms with E-state index in [9.17, 15) is 22.8 Å². The molecule has 5 rings (SSSR count). The summed E-state index contributed by atoms with van der Waals surface area (Å²) in [7, 11) is 0. The highest BCUT2D eigenvalue weighted by Crippen LogP contribution is 2.39. The Bertz CT molecular complexity index is 1250. The Labute approximate surface area is 193 Å². The number of hydrogen-bond donors (Lipinski definition) is 3. The van der Waals surface area contributed by atoms with Crippen LogP contribution in [0.25, 0.3) is 22.2 Å². The molecule has 2 aromatic heterocycles. The van der Waals surface area contributed by atoms with Gasteiger partial charge in [-0.1, -0.05) is 6.07 Å². The molecule has 34 heavy (non-hydrogen) atoms. The van der Waals surface area contributed by atoms with E-state index in [0.717, 1.165) is 25.6 Å². The number of benzene rings is 1. The first-order chi connectivity index (χ1) is 16.3. The Morgan fingerprint density at radius 2 is 2.12 bits per heavy atom. The Morgan fingerprint density at radius 3 is 2.82 bits per heavy atom. The Kier molecular flexibility index (Phi) is 5.72. The molecule has 2 fully saturated rings. The first kappa shape index (κ1) is 22.3. The molecule has 1 amide bonds. The van der Waals surface area contributed by atoms with E-state index in [2.05, 4.69) is 25.6 Å². The second-order valence-electron chi connectivity index (χ2n) is 8.62. The van der Waals surface area contributed by atoms with E-state index in [1.54, 1.807) is 18.2 Å². The maximum absolute atomic E-state index is 13.8. The van der Waals surface area contributed by atoms with Gasteiger partial charge >= 0.3 is 6.18 Å². The zero-order valence-corrected chi connectivity index (χ0v) is 18.2. The van der Waals surface area contributed by atoms with Gasteiger partial charge in [0, 0.05) is 60.0 Å². The number of piperidine rings is 1. The average molecular weight is 472 g/mol. The number of alkyl halides is 3. The highest BCUT2D eigenvalue weighted by Gasteiger charge is 2.36. The molecule has 3 aromatic rings. The lowest BCUT2D eigenvalue weighted by molar-refractivity contribution is -0.137. The van der Waals surface area contributed by atoms with Crippen molar-refractivity contribution in [3.05, 3.63) is 41.7 Å². The summed E-state index contributed by atoms with van der Waals surface area (Å²) in [5.74, 6) is -0.139. The molecule has 0 unspecified atom stereocenters. The fraction of sp³-hybridized carbons (Fsp3) is 0.391. The highest BCUT2D eigenvalue weighted by atomic mass is 19.4. The second kappa shape index (κ2) is 8.71. The van der Waals surface area contributed by atoms with Crippen LogP contribution in [0.5, 0.6) is 0 Å². The number of rotatable bonds is 4. The molecule has 3 N–H and O–H groups in total. The number of Topliss-reactive ketones (excluding diaryl/α,β-unsaturated/α-hetero) is 1. The van der Waals surface area contributed by atoms with Gasteiger partial charge in [0.05, 0.1) is 12.2 Å².